The molecule has 4 heterocycles. The highest BCUT2D eigenvalue weighted by molar-refractivity contribution is 6.90. The Bertz CT molecular complexity index is 2930. The summed E-state index contributed by atoms with van der Waals surface area (Å²) >= 11 is 0. The maximum absolute atomic E-state index is 9.89. The lowest BCUT2D eigenvalue weighted by atomic mass is 9.44. The highest BCUT2D eigenvalue weighted by Crippen LogP contribution is 2.51. The molecule has 2 aromatic heterocycles. The Morgan fingerprint density at radius 2 is 1.45 bits per heavy atom. The van der Waals surface area contributed by atoms with E-state index in [1.807, 2.05) is 24.3 Å². The van der Waals surface area contributed by atoms with Gasteiger partial charge in [-0.15, -0.1) is 0 Å². The summed E-state index contributed by atoms with van der Waals surface area (Å²) in [5, 5.41) is 14.5. The lowest BCUT2D eigenvalue weighted by Crippen LogP contribution is -2.56. The molecule has 0 saturated carbocycles. The average molecular weight is 624 g/mol. The van der Waals surface area contributed by atoms with Crippen molar-refractivity contribution in [1.29, 1.82) is 5.26 Å². The first-order chi connectivity index (χ1) is 24.2. The van der Waals surface area contributed by atoms with E-state index in [1.54, 1.807) is 0 Å². The van der Waals surface area contributed by atoms with Gasteiger partial charge in [0.1, 0.15) is 11.2 Å². The van der Waals surface area contributed by atoms with Gasteiger partial charge in [-0.1, -0.05) is 84.9 Å². The normalized spacial score (nSPS) is 12.9. The fourth-order valence-corrected chi connectivity index (χ4v) is 8.81. The van der Waals surface area contributed by atoms with Gasteiger partial charge in [-0.2, -0.15) is 5.26 Å². The number of nitriles is 1. The minimum Gasteiger partial charge on any atom is -0.455 e. The van der Waals surface area contributed by atoms with Gasteiger partial charge in [0.25, 0.3) is 0 Å². The molecule has 0 radical (unpaired) electrons. The summed E-state index contributed by atoms with van der Waals surface area (Å²) in [5.74, 6) is 0. The van der Waals surface area contributed by atoms with Gasteiger partial charge in [0.15, 0.2) is 0 Å². The van der Waals surface area contributed by atoms with Crippen molar-refractivity contribution >= 4 is 78.6 Å². The molecular formula is C44H26BN3O. The average Bonchev–Trinajstić information content (AvgIpc) is 3.70. The van der Waals surface area contributed by atoms with Crippen LogP contribution in [0, 0.1) is 18.3 Å². The van der Waals surface area contributed by atoms with Crippen molar-refractivity contribution in [2.24, 2.45) is 0 Å². The van der Waals surface area contributed by atoms with Gasteiger partial charge in [-0.3, -0.25) is 0 Å². The summed E-state index contributed by atoms with van der Waals surface area (Å²) < 4.78 is 9.32. The molecule has 0 fully saturated rings. The molecule has 0 N–H and O–H groups in total. The number of benzene rings is 7. The molecule has 0 saturated heterocycles. The summed E-state index contributed by atoms with van der Waals surface area (Å²) in [6, 6.07) is 51.9. The van der Waals surface area contributed by atoms with E-state index in [1.165, 1.54) is 44.0 Å². The molecule has 0 atom stereocenters. The van der Waals surface area contributed by atoms with Crippen molar-refractivity contribution in [3.8, 4) is 28.3 Å². The maximum atomic E-state index is 9.89. The summed E-state index contributed by atoms with van der Waals surface area (Å²) in [4.78, 5) is 2.43. The number of hydrogen-bond acceptors (Lipinski definition) is 3. The molecule has 49 heavy (non-hydrogen) atoms. The van der Waals surface area contributed by atoms with E-state index in [9.17, 15) is 5.26 Å². The van der Waals surface area contributed by atoms with E-state index in [4.69, 9.17) is 4.42 Å². The van der Waals surface area contributed by atoms with Crippen LogP contribution in [0.5, 0.6) is 0 Å². The van der Waals surface area contributed by atoms with Crippen LogP contribution < -0.4 is 15.8 Å². The maximum Gasteiger partial charge on any atom is 0.333 e. The monoisotopic (exact) mass is 623 g/mol. The third-order valence-electron chi connectivity index (χ3n) is 10.8. The number of fused-ring (bicyclic) bond motifs is 11. The van der Waals surface area contributed by atoms with E-state index in [0.29, 0.717) is 5.56 Å². The molecule has 0 unspecified atom stereocenters. The lowest BCUT2D eigenvalue weighted by molar-refractivity contribution is 0.673. The van der Waals surface area contributed by atoms with Crippen LogP contribution in [0.2, 0.25) is 0 Å². The van der Waals surface area contributed by atoms with Crippen molar-refractivity contribution in [2.75, 3.05) is 4.90 Å². The number of hydrogen-bond donors (Lipinski definition) is 0. The Morgan fingerprint density at radius 3 is 2.33 bits per heavy atom. The molecule has 2 aliphatic rings. The van der Waals surface area contributed by atoms with E-state index in [-0.39, 0.29) is 6.85 Å². The molecule has 7 aromatic carbocycles. The third-order valence-corrected chi connectivity index (χ3v) is 10.8. The summed E-state index contributed by atoms with van der Waals surface area (Å²) in [7, 11) is 0. The molecule has 11 rings (SSSR count). The van der Waals surface area contributed by atoms with Gasteiger partial charge >= 0.3 is 6.85 Å². The Balaban J connectivity index is 1.39. The largest absolute Gasteiger partial charge is 0.455 e. The second kappa shape index (κ2) is 9.53. The number of para-hydroxylation sites is 4. The van der Waals surface area contributed by atoms with Gasteiger partial charge < -0.3 is 13.8 Å². The zero-order valence-electron chi connectivity index (χ0n) is 26.6. The molecular weight excluding hydrogens is 597 g/mol. The number of furan rings is 1. The van der Waals surface area contributed by atoms with Crippen molar-refractivity contribution in [3.63, 3.8) is 0 Å². The Morgan fingerprint density at radius 1 is 0.673 bits per heavy atom. The molecule has 0 bridgehead atoms. The Kier molecular flexibility index (Phi) is 5.16. The molecule has 0 amide bonds. The molecule has 9 aromatic rings. The first-order valence-corrected chi connectivity index (χ1v) is 16.7. The van der Waals surface area contributed by atoms with Crippen molar-refractivity contribution in [1.82, 2.24) is 4.48 Å². The van der Waals surface area contributed by atoms with Crippen LogP contribution in [0.3, 0.4) is 0 Å². The SMILES string of the molecule is Cc1c(-c2cccc(C#N)c2)cc2c3c1-c1cc4c5ccccc5oc4c4c5ccccc5n(c14)B3c1ccccc1N2c1ccccc1. The molecule has 0 spiro atoms. The molecule has 0 aliphatic carbocycles. The first kappa shape index (κ1) is 26.6. The number of rotatable bonds is 2. The van der Waals surface area contributed by atoms with Gasteiger partial charge in [0.2, 0.25) is 0 Å². The van der Waals surface area contributed by atoms with Crippen molar-refractivity contribution < 1.29 is 4.42 Å². The van der Waals surface area contributed by atoms with Crippen LogP contribution in [0.15, 0.2) is 144 Å². The predicted octanol–water partition coefficient (Wildman–Crippen LogP) is 9.96. The van der Waals surface area contributed by atoms with Crippen molar-refractivity contribution in [3.05, 3.63) is 151 Å². The minimum absolute atomic E-state index is 0.0592. The summed E-state index contributed by atoms with van der Waals surface area (Å²) in [6.45, 7) is 2.20. The first-order valence-electron chi connectivity index (χ1n) is 16.7. The Hall–Kier alpha value is -6.51. The van der Waals surface area contributed by atoms with Crippen LogP contribution in [0.4, 0.5) is 17.1 Å². The molecule has 226 valence electrons. The number of nitrogens with zero attached hydrogens (tertiary/aromatic N) is 3. The molecule has 4 nitrogen and oxygen atoms in total. The van der Waals surface area contributed by atoms with E-state index < -0.39 is 0 Å². The topological polar surface area (TPSA) is 45.1 Å². The second-order valence-corrected chi connectivity index (χ2v) is 13.2. The molecule has 2 aliphatic heterocycles. The Labute approximate surface area is 282 Å². The van der Waals surface area contributed by atoms with Gasteiger partial charge in [-0.05, 0) is 94.7 Å². The second-order valence-electron chi connectivity index (χ2n) is 13.2. The minimum atomic E-state index is -0.0592. The van der Waals surface area contributed by atoms with Crippen molar-refractivity contribution in [2.45, 2.75) is 6.92 Å². The fourth-order valence-electron chi connectivity index (χ4n) is 8.81. The van der Waals surface area contributed by atoms with Crippen LogP contribution >= 0.6 is 0 Å². The van der Waals surface area contributed by atoms with Gasteiger partial charge in [0, 0.05) is 49.8 Å². The van der Waals surface area contributed by atoms with E-state index in [0.717, 1.165) is 55.5 Å². The third kappa shape index (κ3) is 3.37. The molecule has 5 heteroatoms. The summed E-state index contributed by atoms with van der Waals surface area (Å²) in [6.07, 6.45) is 0. The van der Waals surface area contributed by atoms with Crippen LogP contribution in [0.25, 0.3) is 66.0 Å². The van der Waals surface area contributed by atoms with Crippen LogP contribution in [-0.4, -0.2) is 11.3 Å². The van der Waals surface area contributed by atoms with Crippen LogP contribution in [-0.2, 0) is 0 Å². The van der Waals surface area contributed by atoms with E-state index in [2.05, 4.69) is 138 Å². The lowest BCUT2D eigenvalue weighted by Gasteiger charge is -2.41. The highest BCUT2D eigenvalue weighted by atomic mass is 16.3. The van der Waals surface area contributed by atoms with Crippen LogP contribution in [0.1, 0.15) is 11.1 Å². The summed E-state index contributed by atoms with van der Waals surface area (Å²) in [5.41, 5.74) is 16.7. The zero-order chi connectivity index (χ0) is 32.4. The smallest absolute Gasteiger partial charge is 0.333 e. The highest BCUT2D eigenvalue weighted by Gasteiger charge is 2.44. The standard InChI is InChI=1S/C44H26BN3O/c1-26-32(28-13-11-12-27(22-28)25-46)24-38-42-40(26)34-23-33-30-16-6-10-21-39(30)49-44(33)41-31-17-5-8-19-36(31)48(43(34)41)45(42)35-18-7-9-20-37(35)47(38)29-14-3-2-4-15-29/h2-24H,1H3. The van der Waals surface area contributed by atoms with E-state index >= 15 is 0 Å². The fraction of sp³-hybridized carbons (Fsp3) is 0.0227. The predicted molar refractivity (Wildman–Crippen MR) is 202 cm³/mol. The number of aromatic nitrogens is 1. The quantitative estimate of drug-likeness (QED) is 0.180. The van der Waals surface area contributed by atoms with Gasteiger partial charge in [0.05, 0.1) is 17.0 Å². The van der Waals surface area contributed by atoms with Gasteiger partial charge in [-0.25, -0.2) is 0 Å². The zero-order valence-corrected chi connectivity index (χ0v) is 26.6. The number of anilines is 3.